The molecule has 164 valence electrons. The van der Waals surface area contributed by atoms with Crippen molar-refractivity contribution in [2.45, 2.75) is 45.7 Å². The third-order valence-electron chi connectivity index (χ3n) is 5.56. The monoisotopic (exact) mass is 434 g/mol. The van der Waals surface area contributed by atoms with Crippen LogP contribution in [0.4, 0.5) is 14.6 Å². The van der Waals surface area contributed by atoms with Gasteiger partial charge in [-0.1, -0.05) is 30.3 Å². The van der Waals surface area contributed by atoms with Crippen molar-refractivity contribution < 1.29 is 13.6 Å². The van der Waals surface area contributed by atoms with Crippen LogP contribution < -0.4 is 4.90 Å². The van der Waals surface area contributed by atoms with Gasteiger partial charge >= 0.3 is 0 Å². The van der Waals surface area contributed by atoms with Crippen molar-refractivity contribution in [2.75, 3.05) is 4.90 Å². The lowest BCUT2D eigenvalue weighted by molar-refractivity contribution is -0.116. The zero-order valence-corrected chi connectivity index (χ0v) is 18.2. The maximum Gasteiger partial charge on any atom is 0.225 e. The first kappa shape index (κ1) is 21.7. The Morgan fingerprint density at radius 1 is 1.00 bits per heavy atom. The van der Waals surface area contributed by atoms with Crippen molar-refractivity contribution in [1.29, 1.82) is 0 Å². The topological polar surface area (TPSA) is 58.5 Å². The second kappa shape index (κ2) is 8.94. The molecule has 0 aliphatic carbocycles. The molecule has 32 heavy (non-hydrogen) atoms. The normalized spacial score (nSPS) is 15.7. The number of hydrogen-bond acceptors (Lipinski definition) is 4. The van der Waals surface area contributed by atoms with Crippen LogP contribution in [0.15, 0.2) is 59.6 Å². The van der Waals surface area contributed by atoms with E-state index >= 15 is 0 Å². The molecule has 0 saturated heterocycles. The molecule has 0 N–H and O–H groups in total. The number of carbonyl (C=O) groups is 1. The summed E-state index contributed by atoms with van der Waals surface area (Å²) < 4.78 is 28.2. The Bertz CT molecular complexity index is 1140. The molecule has 2 heterocycles. The average Bonchev–Trinajstić information content (AvgIpc) is 3.23. The predicted octanol–water partition coefficient (Wildman–Crippen LogP) is 5.51. The second-order valence-corrected chi connectivity index (χ2v) is 8.11. The lowest BCUT2D eigenvalue weighted by Crippen LogP contribution is -2.35. The van der Waals surface area contributed by atoms with Crippen molar-refractivity contribution in [3.05, 3.63) is 77.4 Å². The van der Waals surface area contributed by atoms with Gasteiger partial charge < -0.3 is 0 Å². The van der Waals surface area contributed by atoms with Crippen LogP contribution in [0.5, 0.6) is 0 Å². The fraction of sp³-hybridized carbons (Fsp3) is 0.280. The van der Waals surface area contributed by atoms with Gasteiger partial charge in [0.2, 0.25) is 5.91 Å². The molecule has 3 aromatic rings. The maximum absolute atomic E-state index is 14.1. The predicted molar refractivity (Wildman–Crippen MR) is 121 cm³/mol. The number of aromatic nitrogens is 2. The fourth-order valence-electron chi connectivity index (χ4n) is 4.07. The summed E-state index contributed by atoms with van der Waals surface area (Å²) in [5, 5.41) is 8.50. The number of aliphatic imine (C=N–C) groups is 1. The first-order valence-electron chi connectivity index (χ1n) is 10.6. The van der Waals surface area contributed by atoms with E-state index in [0.717, 1.165) is 11.1 Å². The van der Waals surface area contributed by atoms with Crippen LogP contribution in [0, 0.1) is 11.6 Å². The summed E-state index contributed by atoms with van der Waals surface area (Å²) in [5.74, 6) is -0.732. The second-order valence-electron chi connectivity index (χ2n) is 8.11. The molecule has 1 aliphatic rings. The van der Waals surface area contributed by atoms with Gasteiger partial charge in [0.15, 0.2) is 5.82 Å². The largest absolute Gasteiger partial charge is 0.293 e. The van der Waals surface area contributed by atoms with E-state index in [1.165, 1.54) is 25.1 Å². The molecule has 0 spiro atoms. The number of anilines is 1. The van der Waals surface area contributed by atoms with Crippen molar-refractivity contribution in [2.24, 2.45) is 4.99 Å². The molecular formula is C25H24F2N4O. The van der Waals surface area contributed by atoms with Crippen LogP contribution in [0.25, 0.3) is 11.3 Å². The Kier molecular flexibility index (Phi) is 6.08. The maximum atomic E-state index is 14.1. The molecule has 1 amide bonds. The van der Waals surface area contributed by atoms with Gasteiger partial charge in [0.05, 0.1) is 17.3 Å². The number of carbonyl (C=O) groups excluding carboxylic acids is 1. The standard InChI is InChI=1S/C25H24F2N4O/c1-15(2)31(16(3)32)24-14-13-22(29-30-24)18-9-7-17(8-10-18)21-11-12-23(28-21)25-19(26)5-4-6-20(25)27/h4-10,13-15,21H,11-12H2,1-3H3. The average molecular weight is 434 g/mol. The van der Waals surface area contributed by atoms with Gasteiger partial charge in [0.1, 0.15) is 11.6 Å². The first-order chi connectivity index (χ1) is 15.3. The van der Waals surface area contributed by atoms with Crippen LogP contribution >= 0.6 is 0 Å². The smallest absolute Gasteiger partial charge is 0.225 e. The minimum Gasteiger partial charge on any atom is -0.293 e. The summed E-state index contributed by atoms with van der Waals surface area (Å²) in [6.07, 6.45) is 1.23. The number of hydrogen-bond donors (Lipinski definition) is 0. The summed E-state index contributed by atoms with van der Waals surface area (Å²) in [6.45, 7) is 5.35. The molecule has 1 unspecified atom stereocenters. The zero-order chi connectivity index (χ0) is 22.8. The van der Waals surface area contributed by atoms with E-state index in [1.807, 2.05) is 44.2 Å². The zero-order valence-electron chi connectivity index (χ0n) is 18.2. The molecule has 0 fully saturated rings. The highest BCUT2D eigenvalue weighted by atomic mass is 19.1. The summed E-state index contributed by atoms with van der Waals surface area (Å²) in [5.41, 5.74) is 3.00. The Morgan fingerprint density at radius 3 is 2.25 bits per heavy atom. The van der Waals surface area contributed by atoms with Crippen LogP contribution in [0.2, 0.25) is 0 Å². The van der Waals surface area contributed by atoms with Crippen molar-refractivity contribution >= 4 is 17.4 Å². The molecule has 0 bridgehead atoms. The Balaban J connectivity index is 1.53. The Morgan fingerprint density at radius 2 is 1.69 bits per heavy atom. The highest BCUT2D eigenvalue weighted by Gasteiger charge is 2.24. The van der Waals surface area contributed by atoms with Gasteiger partial charge in [-0.05, 0) is 56.5 Å². The number of nitrogens with zero attached hydrogens (tertiary/aromatic N) is 4. The molecular weight excluding hydrogens is 410 g/mol. The van der Waals surface area contributed by atoms with Gasteiger partial charge in [-0.3, -0.25) is 14.7 Å². The first-order valence-corrected chi connectivity index (χ1v) is 10.6. The number of halogens is 2. The quantitative estimate of drug-likeness (QED) is 0.532. The summed E-state index contributed by atoms with van der Waals surface area (Å²) in [6, 6.07) is 15.1. The van der Waals surface area contributed by atoms with E-state index in [-0.39, 0.29) is 23.6 Å². The van der Waals surface area contributed by atoms with E-state index in [2.05, 4.69) is 15.2 Å². The SMILES string of the molecule is CC(=O)N(c1ccc(-c2ccc(C3CCC(c4c(F)cccc4F)=N3)cc2)nn1)C(C)C. The van der Waals surface area contributed by atoms with Crippen LogP contribution in [-0.2, 0) is 4.79 Å². The molecule has 0 radical (unpaired) electrons. The highest BCUT2D eigenvalue weighted by molar-refractivity contribution is 6.02. The number of amides is 1. The summed E-state index contributed by atoms with van der Waals surface area (Å²) in [7, 11) is 0. The van der Waals surface area contributed by atoms with Gasteiger partial charge in [-0.15, -0.1) is 10.2 Å². The third-order valence-corrected chi connectivity index (χ3v) is 5.56. The fourth-order valence-corrected chi connectivity index (χ4v) is 4.07. The summed E-state index contributed by atoms with van der Waals surface area (Å²) >= 11 is 0. The van der Waals surface area contributed by atoms with E-state index in [0.29, 0.717) is 30.1 Å². The molecule has 1 atom stereocenters. The minimum atomic E-state index is -0.581. The molecule has 1 aromatic heterocycles. The van der Waals surface area contributed by atoms with Gasteiger partial charge in [0.25, 0.3) is 0 Å². The molecule has 7 heteroatoms. The molecule has 2 aromatic carbocycles. The lowest BCUT2D eigenvalue weighted by atomic mass is 10.0. The third kappa shape index (κ3) is 4.28. The van der Waals surface area contributed by atoms with Crippen molar-refractivity contribution in [1.82, 2.24) is 10.2 Å². The molecule has 1 aliphatic heterocycles. The van der Waals surface area contributed by atoms with Crippen molar-refractivity contribution in [3.8, 4) is 11.3 Å². The van der Waals surface area contributed by atoms with Crippen molar-refractivity contribution in [3.63, 3.8) is 0 Å². The van der Waals surface area contributed by atoms with Crippen LogP contribution in [0.1, 0.15) is 50.8 Å². The van der Waals surface area contributed by atoms with E-state index in [4.69, 9.17) is 0 Å². The van der Waals surface area contributed by atoms with E-state index in [1.54, 1.807) is 11.0 Å². The van der Waals surface area contributed by atoms with Gasteiger partial charge in [-0.25, -0.2) is 8.78 Å². The Labute approximate surface area is 185 Å². The van der Waals surface area contributed by atoms with Gasteiger partial charge in [0, 0.05) is 24.2 Å². The number of rotatable bonds is 5. The lowest BCUT2D eigenvalue weighted by Gasteiger charge is -2.23. The van der Waals surface area contributed by atoms with E-state index < -0.39 is 11.6 Å². The van der Waals surface area contributed by atoms with Gasteiger partial charge in [-0.2, -0.15) is 0 Å². The highest BCUT2D eigenvalue weighted by Crippen LogP contribution is 2.33. The Hall–Kier alpha value is -3.48. The molecule has 4 rings (SSSR count). The summed E-state index contributed by atoms with van der Waals surface area (Å²) in [4.78, 5) is 18.0. The van der Waals surface area contributed by atoms with Crippen LogP contribution in [-0.4, -0.2) is 27.9 Å². The molecule has 5 nitrogen and oxygen atoms in total. The number of benzene rings is 2. The van der Waals surface area contributed by atoms with E-state index in [9.17, 15) is 13.6 Å². The molecule has 0 saturated carbocycles. The van der Waals surface area contributed by atoms with Crippen LogP contribution in [0.3, 0.4) is 0 Å². The minimum absolute atomic E-state index is 0.0124.